The number of thiazole rings is 1. The second-order valence-corrected chi connectivity index (χ2v) is 5.49. The third-order valence-electron chi connectivity index (χ3n) is 2.57. The molecule has 8 nitrogen and oxygen atoms in total. The van der Waals surface area contributed by atoms with E-state index in [2.05, 4.69) is 35.3 Å². The summed E-state index contributed by atoms with van der Waals surface area (Å²) in [5, 5.41) is 10.1. The Morgan fingerprint density at radius 3 is 2.81 bits per heavy atom. The minimum Gasteiger partial charge on any atom is -0.345 e. The lowest BCUT2D eigenvalue weighted by Gasteiger charge is -2.11. The molecule has 10 heteroatoms. The number of rotatable bonds is 4. The quantitative estimate of drug-likeness (QED) is 0.785. The zero-order valence-corrected chi connectivity index (χ0v) is 12.8. The fourth-order valence-corrected chi connectivity index (χ4v) is 2.60. The van der Waals surface area contributed by atoms with Crippen molar-refractivity contribution >= 4 is 28.9 Å². The Labute approximate surface area is 129 Å². The first kappa shape index (κ1) is 13.8. The van der Waals surface area contributed by atoms with Gasteiger partial charge in [-0.1, -0.05) is 0 Å². The molecule has 0 radical (unpaired) electrons. The molecule has 3 heterocycles. The summed E-state index contributed by atoms with van der Waals surface area (Å²) < 4.78 is 1.41. The molecular weight excluding hydrogens is 312 g/mol. The summed E-state index contributed by atoms with van der Waals surface area (Å²) in [4.78, 5) is 20.6. The van der Waals surface area contributed by atoms with Crippen molar-refractivity contribution in [3.63, 3.8) is 0 Å². The van der Waals surface area contributed by atoms with E-state index in [0.29, 0.717) is 11.9 Å². The molecular formula is C11H11ClN8S. The van der Waals surface area contributed by atoms with Crippen molar-refractivity contribution in [3.05, 3.63) is 34.0 Å². The monoisotopic (exact) mass is 322 g/mol. The first-order valence-electron chi connectivity index (χ1n) is 6.07. The van der Waals surface area contributed by atoms with Gasteiger partial charge in [0.15, 0.2) is 0 Å². The average molecular weight is 323 g/mol. The molecule has 0 aliphatic carbocycles. The van der Waals surface area contributed by atoms with Gasteiger partial charge in [0.2, 0.25) is 11.2 Å². The van der Waals surface area contributed by atoms with Crippen LogP contribution in [0.3, 0.4) is 0 Å². The smallest absolute Gasteiger partial charge is 0.258 e. The van der Waals surface area contributed by atoms with Crippen LogP contribution in [0.2, 0.25) is 5.28 Å². The molecule has 108 valence electrons. The predicted octanol–water partition coefficient (Wildman–Crippen LogP) is 2.04. The van der Waals surface area contributed by atoms with E-state index in [-0.39, 0.29) is 11.3 Å². The highest BCUT2D eigenvalue weighted by molar-refractivity contribution is 7.09. The summed E-state index contributed by atoms with van der Waals surface area (Å²) in [6.45, 7) is 3.93. The lowest BCUT2D eigenvalue weighted by molar-refractivity contribution is 0.779. The van der Waals surface area contributed by atoms with Gasteiger partial charge < -0.3 is 5.32 Å². The van der Waals surface area contributed by atoms with Gasteiger partial charge in [0.05, 0.1) is 6.04 Å². The van der Waals surface area contributed by atoms with Gasteiger partial charge >= 0.3 is 0 Å². The van der Waals surface area contributed by atoms with Crippen molar-refractivity contribution in [1.29, 1.82) is 0 Å². The largest absolute Gasteiger partial charge is 0.345 e. The van der Waals surface area contributed by atoms with Gasteiger partial charge in [-0.3, -0.25) is 0 Å². The number of hydrogen-bond donors (Lipinski definition) is 1. The highest BCUT2D eigenvalue weighted by Crippen LogP contribution is 2.21. The van der Waals surface area contributed by atoms with Crippen LogP contribution >= 0.6 is 22.9 Å². The molecule has 1 unspecified atom stereocenters. The molecule has 0 amide bonds. The maximum Gasteiger partial charge on any atom is 0.258 e. The van der Waals surface area contributed by atoms with Crippen LogP contribution in [-0.4, -0.2) is 34.7 Å². The minimum atomic E-state index is -0.0363. The van der Waals surface area contributed by atoms with Crippen LogP contribution in [0.1, 0.15) is 23.7 Å². The van der Waals surface area contributed by atoms with Crippen molar-refractivity contribution in [2.24, 2.45) is 0 Å². The van der Waals surface area contributed by atoms with E-state index in [4.69, 9.17) is 11.6 Å². The van der Waals surface area contributed by atoms with Gasteiger partial charge in [0.1, 0.15) is 17.7 Å². The molecule has 0 spiro atoms. The lowest BCUT2D eigenvalue weighted by Crippen LogP contribution is -2.12. The first-order chi connectivity index (χ1) is 10.1. The summed E-state index contributed by atoms with van der Waals surface area (Å²) in [5.41, 5.74) is 0.987. The molecule has 0 aromatic carbocycles. The molecule has 0 aliphatic heterocycles. The maximum atomic E-state index is 5.92. The van der Waals surface area contributed by atoms with Crippen LogP contribution in [0.4, 0.5) is 5.95 Å². The maximum absolute atomic E-state index is 5.92. The Morgan fingerprint density at radius 2 is 2.14 bits per heavy atom. The van der Waals surface area contributed by atoms with E-state index in [9.17, 15) is 0 Å². The van der Waals surface area contributed by atoms with E-state index in [0.717, 1.165) is 10.7 Å². The molecule has 1 atom stereocenters. The van der Waals surface area contributed by atoms with Crippen molar-refractivity contribution in [3.8, 4) is 5.95 Å². The van der Waals surface area contributed by atoms with Crippen LogP contribution in [0.5, 0.6) is 0 Å². The summed E-state index contributed by atoms with van der Waals surface area (Å²) in [7, 11) is 0. The van der Waals surface area contributed by atoms with Gasteiger partial charge in [-0.25, -0.2) is 9.97 Å². The summed E-state index contributed by atoms with van der Waals surface area (Å²) >= 11 is 7.50. The Hall–Kier alpha value is -2.13. The third-order valence-corrected chi connectivity index (χ3v) is 3.89. The second kappa shape index (κ2) is 5.70. The number of hydrogen-bond acceptors (Lipinski definition) is 8. The average Bonchev–Trinajstić information content (AvgIpc) is 3.08. The summed E-state index contributed by atoms with van der Waals surface area (Å²) in [6.07, 6.45) is 2.88. The van der Waals surface area contributed by atoms with Gasteiger partial charge in [-0.15, -0.1) is 11.3 Å². The molecule has 0 bridgehead atoms. The van der Waals surface area contributed by atoms with E-state index in [1.807, 2.05) is 19.2 Å². The molecule has 0 aliphatic rings. The zero-order chi connectivity index (χ0) is 14.8. The Morgan fingerprint density at radius 1 is 1.29 bits per heavy atom. The molecule has 3 rings (SSSR count). The summed E-state index contributed by atoms with van der Waals surface area (Å²) in [6, 6.07) is -0.0363. The minimum absolute atomic E-state index is 0.0363. The number of aromatic nitrogens is 7. The number of anilines is 1. The van der Waals surface area contributed by atoms with Crippen LogP contribution in [0.25, 0.3) is 5.95 Å². The van der Waals surface area contributed by atoms with Crippen molar-refractivity contribution < 1.29 is 0 Å². The zero-order valence-electron chi connectivity index (χ0n) is 11.2. The van der Waals surface area contributed by atoms with Crippen LogP contribution in [0, 0.1) is 6.92 Å². The van der Waals surface area contributed by atoms with Crippen LogP contribution in [0.15, 0.2) is 18.0 Å². The SMILES string of the molecule is Cc1csc(C(C)Nc2nc(Cl)nc(-n3cncn3)n2)n1. The molecule has 0 fully saturated rings. The first-order valence-corrected chi connectivity index (χ1v) is 7.33. The van der Waals surface area contributed by atoms with Gasteiger partial charge in [0.25, 0.3) is 5.95 Å². The molecule has 0 saturated heterocycles. The highest BCUT2D eigenvalue weighted by Gasteiger charge is 2.13. The Balaban J connectivity index is 1.85. The third kappa shape index (κ3) is 3.14. The van der Waals surface area contributed by atoms with E-state index >= 15 is 0 Å². The Bertz CT molecular complexity index is 741. The van der Waals surface area contributed by atoms with Gasteiger partial charge in [-0.05, 0) is 25.4 Å². The predicted molar refractivity (Wildman–Crippen MR) is 78.6 cm³/mol. The fourth-order valence-electron chi connectivity index (χ4n) is 1.64. The molecule has 3 aromatic rings. The van der Waals surface area contributed by atoms with Gasteiger partial charge in [-0.2, -0.15) is 24.7 Å². The van der Waals surface area contributed by atoms with Crippen molar-refractivity contribution in [2.45, 2.75) is 19.9 Å². The van der Waals surface area contributed by atoms with Crippen LogP contribution in [-0.2, 0) is 0 Å². The topological polar surface area (TPSA) is 94.3 Å². The van der Waals surface area contributed by atoms with E-state index < -0.39 is 0 Å². The highest BCUT2D eigenvalue weighted by atomic mass is 35.5. The molecule has 0 saturated carbocycles. The molecule has 21 heavy (non-hydrogen) atoms. The van der Waals surface area contributed by atoms with E-state index in [1.165, 1.54) is 17.3 Å². The number of halogens is 1. The van der Waals surface area contributed by atoms with Crippen LogP contribution < -0.4 is 5.32 Å². The Kier molecular flexibility index (Phi) is 3.76. The van der Waals surface area contributed by atoms with E-state index in [1.54, 1.807) is 11.3 Å². The normalized spacial score (nSPS) is 12.3. The van der Waals surface area contributed by atoms with Crippen molar-refractivity contribution in [2.75, 3.05) is 5.32 Å². The standard InChI is InChI=1S/C11H11ClN8S/c1-6-3-21-8(15-6)7(2)16-10-17-9(12)18-11(19-10)20-5-13-4-14-20/h3-5,7H,1-2H3,(H,16,17,18,19). The van der Waals surface area contributed by atoms with Crippen molar-refractivity contribution in [1.82, 2.24) is 34.7 Å². The second-order valence-electron chi connectivity index (χ2n) is 4.26. The number of nitrogens with one attached hydrogen (secondary N) is 1. The molecule has 3 aromatic heterocycles. The molecule has 1 N–H and O–H groups in total. The lowest BCUT2D eigenvalue weighted by atomic mass is 10.3. The number of aryl methyl sites for hydroxylation is 1. The van der Waals surface area contributed by atoms with Gasteiger partial charge in [0, 0.05) is 11.1 Å². The fraction of sp³-hybridized carbons (Fsp3) is 0.273. The number of nitrogens with zero attached hydrogens (tertiary/aromatic N) is 7. The summed E-state index contributed by atoms with van der Waals surface area (Å²) in [5.74, 6) is 0.665.